The highest BCUT2D eigenvalue weighted by Crippen LogP contribution is 2.28. The molecule has 4 N–H and O–H groups in total. The third-order valence-corrected chi connectivity index (χ3v) is 4.53. The summed E-state index contributed by atoms with van der Waals surface area (Å²) in [5.74, 6) is 0.501. The number of aliphatic hydroxyl groups is 1. The quantitative estimate of drug-likeness (QED) is 0.216. The Bertz CT molecular complexity index is 900. The van der Waals surface area contributed by atoms with Crippen molar-refractivity contribution in [2.75, 3.05) is 32.8 Å². The van der Waals surface area contributed by atoms with E-state index in [1.54, 1.807) is 55.6 Å². The van der Waals surface area contributed by atoms with Gasteiger partial charge in [-0.25, -0.2) is 10.3 Å². The molecule has 0 bridgehead atoms. The fraction of sp³-hybridized carbons (Fsp3) is 0.304. The van der Waals surface area contributed by atoms with E-state index in [9.17, 15) is 9.59 Å². The van der Waals surface area contributed by atoms with Crippen LogP contribution in [0.1, 0.15) is 18.1 Å². The van der Waals surface area contributed by atoms with Crippen LogP contribution in [-0.2, 0) is 14.3 Å². The summed E-state index contributed by atoms with van der Waals surface area (Å²) in [6.45, 7) is 0.0421. The van der Waals surface area contributed by atoms with Crippen molar-refractivity contribution in [1.82, 2.24) is 5.48 Å². The zero-order valence-electron chi connectivity index (χ0n) is 18.4. The summed E-state index contributed by atoms with van der Waals surface area (Å²) in [6.07, 6.45) is 0.681. The standard InChI is InChI=1S/C23H28N2O8/c1-30-18-12-8-17(9-13-18)24-23(28)33-22(20(31-2)4-3-5-21(27)25-29)16-6-10-19(11-7-16)32-15-14-26/h3,5-13,20,22,26,29H,4,14-15H2,1-2H3,(H,24,28)(H,25,27)/b5-3+/t20-,22-/m1/s1. The van der Waals surface area contributed by atoms with E-state index in [0.29, 0.717) is 22.7 Å². The maximum Gasteiger partial charge on any atom is 0.412 e. The van der Waals surface area contributed by atoms with Gasteiger partial charge in [-0.3, -0.25) is 15.3 Å². The van der Waals surface area contributed by atoms with E-state index in [2.05, 4.69) is 5.32 Å². The lowest BCUT2D eigenvalue weighted by Crippen LogP contribution is -2.28. The summed E-state index contributed by atoms with van der Waals surface area (Å²) in [5.41, 5.74) is 2.65. The number of methoxy groups -OCH3 is 2. The van der Waals surface area contributed by atoms with Gasteiger partial charge in [0.25, 0.3) is 5.91 Å². The first kappa shape index (κ1) is 25.7. The molecule has 33 heavy (non-hydrogen) atoms. The average molecular weight is 460 g/mol. The van der Waals surface area contributed by atoms with Crippen LogP contribution in [0, 0.1) is 0 Å². The van der Waals surface area contributed by atoms with E-state index in [1.807, 2.05) is 0 Å². The largest absolute Gasteiger partial charge is 0.497 e. The molecule has 0 saturated carbocycles. The number of hydroxylamine groups is 1. The topological polar surface area (TPSA) is 136 Å². The number of amides is 2. The molecule has 0 heterocycles. The van der Waals surface area contributed by atoms with Gasteiger partial charge in [-0.2, -0.15) is 0 Å². The number of anilines is 1. The van der Waals surface area contributed by atoms with E-state index < -0.39 is 24.2 Å². The Labute approximate surface area is 191 Å². The van der Waals surface area contributed by atoms with Crippen LogP contribution >= 0.6 is 0 Å². The highest BCUT2D eigenvalue weighted by Gasteiger charge is 2.27. The van der Waals surface area contributed by atoms with Gasteiger partial charge in [-0.1, -0.05) is 18.2 Å². The predicted octanol–water partition coefficient (Wildman–Crippen LogP) is 2.82. The molecule has 10 nitrogen and oxygen atoms in total. The van der Waals surface area contributed by atoms with Gasteiger partial charge in [0.1, 0.15) is 24.2 Å². The summed E-state index contributed by atoms with van der Waals surface area (Å²) in [7, 11) is 3.01. The molecular weight excluding hydrogens is 432 g/mol. The molecule has 2 atom stereocenters. The fourth-order valence-electron chi connectivity index (χ4n) is 2.90. The van der Waals surface area contributed by atoms with Gasteiger partial charge < -0.3 is 24.1 Å². The summed E-state index contributed by atoms with van der Waals surface area (Å²) in [6, 6.07) is 13.6. The molecule has 2 aromatic rings. The van der Waals surface area contributed by atoms with E-state index >= 15 is 0 Å². The van der Waals surface area contributed by atoms with Crippen molar-refractivity contribution in [3.8, 4) is 11.5 Å². The Balaban J connectivity index is 2.19. The van der Waals surface area contributed by atoms with Crippen molar-refractivity contribution >= 4 is 17.7 Å². The van der Waals surface area contributed by atoms with Crippen LogP contribution in [0.4, 0.5) is 10.5 Å². The molecule has 0 radical (unpaired) electrons. The SMILES string of the molecule is COc1ccc(NC(=O)O[C@H](c2ccc(OCCO)cc2)[C@@H](C/C=C/C(=O)NO)OC)cc1. The lowest BCUT2D eigenvalue weighted by molar-refractivity contribution is -0.124. The molecule has 178 valence electrons. The number of carbonyl (C=O) groups excluding carboxylic acids is 2. The summed E-state index contributed by atoms with van der Waals surface area (Å²) < 4.78 is 21.7. The highest BCUT2D eigenvalue weighted by molar-refractivity contribution is 5.86. The maximum absolute atomic E-state index is 12.6. The van der Waals surface area contributed by atoms with Gasteiger partial charge >= 0.3 is 6.09 Å². The molecule has 0 spiro atoms. The van der Waals surface area contributed by atoms with Crippen LogP contribution in [0.25, 0.3) is 0 Å². The summed E-state index contributed by atoms with van der Waals surface area (Å²) >= 11 is 0. The molecular formula is C23H28N2O8. The first-order valence-corrected chi connectivity index (χ1v) is 10.1. The first-order valence-electron chi connectivity index (χ1n) is 10.1. The third-order valence-electron chi connectivity index (χ3n) is 4.53. The number of benzene rings is 2. The van der Waals surface area contributed by atoms with Crippen LogP contribution < -0.4 is 20.3 Å². The molecule has 0 saturated heterocycles. The number of nitrogens with one attached hydrogen (secondary N) is 2. The normalized spacial score (nSPS) is 12.6. The van der Waals surface area contributed by atoms with Gasteiger partial charge in [0.05, 0.1) is 13.7 Å². The predicted molar refractivity (Wildman–Crippen MR) is 119 cm³/mol. The minimum Gasteiger partial charge on any atom is -0.497 e. The zero-order chi connectivity index (χ0) is 24.1. The van der Waals surface area contributed by atoms with E-state index in [-0.39, 0.29) is 19.6 Å². The number of ether oxygens (including phenoxy) is 4. The number of aliphatic hydroxyl groups excluding tert-OH is 1. The number of carbonyl (C=O) groups is 2. The zero-order valence-corrected chi connectivity index (χ0v) is 18.4. The lowest BCUT2D eigenvalue weighted by atomic mass is 10.0. The van der Waals surface area contributed by atoms with Gasteiger partial charge in [0.15, 0.2) is 6.10 Å². The van der Waals surface area contributed by atoms with E-state index in [4.69, 9.17) is 29.3 Å². The highest BCUT2D eigenvalue weighted by atomic mass is 16.6. The Morgan fingerprint density at radius 2 is 1.70 bits per heavy atom. The summed E-state index contributed by atoms with van der Waals surface area (Å²) in [4.78, 5) is 23.9. The van der Waals surface area contributed by atoms with Gasteiger partial charge in [0.2, 0.25) is 0 Å². The molecule has 0 aromatic heterocycles. The van der Waals surface area contributed by atoms with Crippen LogP contribution in [-0.4, -0.2) is 55.9 Å². The van der Waals surface area contributed by atoms with Gasteiger partial charge in [-0.15, -0.1) is 0 Å². The molecule has 0 unspecified atom stereocenters. The Kier molecular flexibility index (Phi) is 10.7. The number of hydrogen-bond donors (Lipinski definition) is 4. The molecule has 0 fully saturated rings. The fourth-order valence-corrected chi connectivity index (χ4v) is 2.90. The maximum atomic E-state index is 12.6. The van der Waals surface area contributed by atoms with Crippen molar-refractivity contribution in [2.24, 2.45) is 0 Å². The van der Waals surface area contributed by atoms with Crippen LogP contribution in [0.3, 0.4) is 0 Å². The molecule has 0 aliphatic carbocycles. The van der Waals surface area contributed by atoms with Gasteiger partial charge in [0, 0.05) is 18.9 Å². The Hall–Kier alpha value is -3.60. The second kappa shape index (κ2) is 13.7. The molecule has 2 rings (SSSR count). The molecule has 0 aliphatic rings. The second-order valence-corrected chi connectivity index (χ2v) is 6.71. The van der Waals surface area contributed by atoms with E-state index in [1.165, 1.54) is 18.7 Å². The van der Waals surface area contributed by atoms with Crippen molar-refractivity contribution in [3.63, 3.8) is 0 Å². The minimum absolute atomic E-state index is 0.113. The van der Waals surface area contributed by atoms with E-state index in [0.717, 1.165) is 6.08 Å². The van der Waals surface area contributed by atoms with Crippen molar-refractivity contribution in [3.05, 3.63) is 66.2 Å². The third kappa shape index (κ3) is 8.45. The monoisotopic (exact) mass is 460 g/mol. The minimum atomic E-state index is -0.832. The second-order valence-electron chi connectivity index (χ2n) is 6.71. The Morgan fingerprint density at radius 3 is 2.27 bits per heavy atom. The van der Waals surface area contributed by atoms with Crippen LogP contribution in [0.2, 0.25) is 0 Å². The smallest absolute Gasteiger partial charge is 0.412 e. The molecule has 2 aromatic carbocycles. The van der Waals surface area contributed by atoms with Crippen molar-refractivity contribution in [1.29, 1.82) is 0 Å². The average Bonchev–Trinajstić information content (AvgIpc) is 2.85. The Morgan fingerprint density at radius 1 is 1.03 bits per heavy atom. The molecule has 10 heteroatoms. The molecule has 0 aliphatic heterocycles. The molecule has 2 amide bonds. The number of rotatable bonds is 12. The lowest BCUT2D eigenvalue weighted by Gasteiger charge is -2.26. The van der Waals surface area contributed by atoms with Gasteiger partial charge in [-0.05, 0) is 48.4 Å². The first-order chi connectivity index (χ1) is 16.0. The summed E-state index contributed by atoms with van der Waals surface area (Å²) in [5, 5.41) is 20.2. The number of hydrogen-bond acceptors (Lipinski definition) is 8. The van der Waals surface area contributed by atoms with Crippen molar-refractivity contribution in [2.45, 2.75) is 18.6 Å². The van der Waals surface area contributed by atoms with Crippen LogP contribution in [0.5, 0.6) is 11.5 Å². The van der Waals surface area contributed by atoms with Crippen LogP contribution in [0.15, 0.2) is 60.7 Å². The van der Waals surface area contributed by atoms with Crippen molar-refractivity contribution < 1.29 is 38.9 Å².